The average molecular weight is 195 g/mol. The van der Waals surface area contributed by atoms with Gasteiger partial charge in [-0.2, -0.15) is 0 Å². The standard InChI is InChI=1S/C10H13NO3/c1-14-10(13)9-7-3-2-5-11(7)6-4-8(9)12/h2-6H2,1H3. The van der Waals surface area contributed by atoms with Crippen molar-refractivity contribution in [1.82, 2.24) is 4.90 Å². The molecule has 2 aliphatic rings. The maximum absolute atomic E-state index is 11.6. The fourth-order valence-corrected chi connectivity index (χ4v) is 2.12. The third-order valence-electron chi connectivity index (χ3n) is 2.79. The molecule has 0 aromatic carbocycles. The maximum Gasteiger partial charge on any atom is 0.343 e. The van der Waals surface area contributed by atoms with Crippen LogP contribution in [0.1, 0.15) is 19.3 Å². The molecule has 0 bridgehead atoms. The summed E-state index contributed by atoms with van der Waals surface area (Å²) in [6, 6.07) is 0. The van der Waals surface area contributed by atoms with E-state index in [1.165, 1.54) is 7.11 Å². The Morgan fingerprint density at radius 3 is 2.86 bits per heavy atom. The Hall–Kier alpha value is -1.32. The Kier molecular flexibility index (Phi) is 2.27. The summed E-state index contributed by atoms with van der Waals surface area (Å²) in [4.78, 5) is 25.1. The van der Waals surface area contributed by atoms with Gasteiger partial charge in [-0.3, -0.25) is 4.79 Å². The van der Waals surface area contributed by atoms with Gasteiger partial charge in [-0.1, -0.05) is 0 Å². The predicted octanol–water partition coefficient (Wildman–Crippen LogP) is 0.482. The molecule has 76 valence electrons. The highest BCUT2D eigenvalue weighted by Crippen LogP contribution is 2.29. The van der Waals surface area contributed by atoms with E-state index in [1.807, 2.05) is 0 Å². The fraction of sp³-hybridized carbons (Fsp3) is 0.600. The van der Waals surface area contributed by atoms with Crippen molar-refractivity contribution in [1.29, 1.82) is 0 Å². The van der Waals surface area contributed by atoms with Crippen molar-refractivity contribution in [2.24, 2.45) is 0 Å². The van der Waals surface area contributed by atoms with E-state index in [9.17, 15) is 9.59 Å². The summed E-state index contributed by atoms with van der Waals surface area (Å²) in [6.45, 7) is 1.72. The zero-order valence-corrected chi connectivity index (χ0v) is 8.21. The van der Waals surface area contributed by atoms with Crippen LogP contribution in [0.25, 0.3) is 0 Å². The van der Waals surface area contributed by atoms with Crippen LogP contribution in [0, 0.1) is 0 Å². The van der Waals surface area contributed by atoms with E-state index in [0.29, 0.717) is 6.42 Å². The Labute approximate surface area is 82.5 Å². The lowest BCUT2D eigenvalue weighted by atomic mass is 10.0. The molecule has 0 N–H and O–H groups in total. The van der Waals surface area contributed by atoms with Crippen LogP contribution in [0.4, 0.5) is 0 Å². The molecule has 14 heavy (non-hydrogen) atoms. The molecule has 2 rings (SSSR count). The zero-order chi connectivity index (χ0) is 10.1. The van der Waals surface area contributed by atoms with Gasteiger partial charge in [-0.05, 0) is 12.8 Å². The third-order valence-corrected chi connectivity index (χ3v) is 2.79. The number of allylic oxidation sites excluding steroid dienone is 1. The molecular weight excluding hydrogens is 182 g/mol. The van der Waals surface area contributed by atoms with Crippen molar-refractivity contribution < 1.29 is 14.3 Å². The van der Waals surface area contributed by atoms with E-state index < -0.39 is 5.97 Å². The second-order valence-electron chi connectivity index (χ2n) is 3.58. The summed E-state index contributed by atoms with van der Waals surface area (Å²) in [7, 11) is 1.32. The van der Waals surface area contributed by atoms with E-state index in [0.717, 1.165) is 31.6 Å². The molecule has 0 unspecified atom stereocenters. The Morgan fingerprint density at radius 2 is 2.14 bits per heavy atom. The van der Waals surface area contributed by atoms with E-state index in [2.05, 4.69) is 9.64 Å². The molecule has 2 heterocycles. The minimum atomic E-state index is -0.475. The first-order chi connectivity index (χ1) is 6.74. The number of carbonyl (C=O) groups excluding carboxylic acids is 2. The van der Waals surface area contributed by atoms with Crippen LogP contribution in [0.3, 0.4) is 0 Å². The first-order valence-corrected chi connectivity index (χ1v) is 4.83. The SMILES string of the molecule is COC(=O)C1=C2CCCN2CCC1=O. The molecule has 1 fully saturated rings. The molecule has 0 saturated carbocycles. The summed E-state index contributed by atoms with van der Waals surface area (Å²) in [5.74, 6) is -0.540. The molecule has 1 saturated heterocycles. The molecule has 0 amide bonds. The second-order valence-corrected chi connectivity index (χ2v) is 3.58. The van der Waals surface area contributed by atoms with Gasteiger partial charge < -0.3 is 9.64 Å². The Bertz CT molecular complexity index is 319. The van der Waals surface area contributed by atoms with Crippen molar-refractivity contribution in [3.63, 3.8) is 0 Å². The highest BCUT2D eigenvalue weighted by Gasteiger charge is 2.33. The number of ether oxygens (including phenoxy) is 1. The van der Waals surface area contributed by atoms with Gasteiger partial charge in [0.25, 0.3) is 0 Å². The maximum atomic E-state index is 11.6. The monoisotopic (exact) mass is 195 g/mol. The number of methoxy groups -OCH3 is 1. The van der Waals surface area contributed by atoms with Crippen LogP contribution >= 0.6 is 0 Å². The van der Waals surface area contributed by atoms with Crippen molar-refractivity contribution in [3.05, 3.63) is 11.3 Å². The number of ketones is 1. The molecule has 0 atom stereocenters. The number of carbonyl (C=O) groups is 2. The molecule has 0 spiro atoms. The van der Waals surface area contributed by atoms with Gasteiger partial charge in [0.15, 0.2) is 5.78 Å². The number of nitrogens with zero attached hydrogens (tertiary/aromatic N) is 1. The fourth-order valence-electron chi connectivity index (χ4n) is 2.12. The van der Waals surface area contributed by atoms with Gasteiger partial charge in [-0.25, -0.2) is 4.79 Å². The minimum absolute atomic E-state index is 0.0648. The van der Waals surface area contributed by atoms with Crippen LogP contribution in [-0.4, -0.2) is 36.9 Å². The van der Waals surface area contributed by atoms with Gasteiger partial charge in [0, 0.05) is 25.2 Å². The van der Waals surface area contributed by atoms with Crippen molar-refractivity contribution in [3.8, 4) is 0 Å². The lowest BCUT2D eigenvalue weighted by Gasteiger charge is -2.26. The van der Waals surface area contributed by atoms with Crippen LogP contribution in [0.15, 0.2) is 11.3 Å². The number of Topliss-reactive ketones (excluding diaryl/α,β-unsaturated/α-hetero) is 1. The average Bonchev–Trinajstić information content (AvgIpc) is 2.64. The lowest BCUT2D eigenvalue weighted by Crippen LogP contribution is -2.32. The summed E-state index contributed by atoms with van der Waals surface area (Å²) in [5.41, 5.74) is 1.18. The van der Waals surface area contributed by atoms with Crippen molar-refractivity contribution in [2.75, 3.05) is 20.2 Å². The quantitative estimate of drug-likeness (QED) is 0.451. The number of hydrogen-bond acceptors (Lipinski definition) is 4. The normalized spacial score (nSPS) is 21.2. The summed E-state index contributed by atoms with van der Waals surface area (Å²) >= 11 is 0. The number of rotatable bonds is 1. The summed E-state index contributed by atoms with van der Waals surface area (Å²) < 4.78 is 4.62. The van der Waals surface area contributed by atoms with Crippen LogP contribution in [0.5, 0.6) is 0 Å². The number of fused-ring (bicyclic) bond motifs is 1. The predicted molar refractivity (Wildman–Crippen MR) is 49.5 cm³/mol. The Balaban J connectivity index is 2.39. The van der Waals surface area contributed by atoms with E-state index in [1.54, 1.807) is 0 Å². The second kappa shape index (κ2) is 3.44. The van der Waals surface area contributed by atoms with Crippen molar-refractivity contribution in [2.45, 2.75) is 19.3 Å². The molecule has 0 aliphatic carbocycles. The molecule has 0 aromatic heterocycles. The molecule has 4 nitrogen and oxygen atoms in total. The minimum Gasteiger partial charge on any atom is -0.465 e. The van der Waals surface area contributed by atoms with Crippen LogP contribution in [0.2, 0.25) is 0 Å². The first kappa shape index (κ1) is 9.24. The number of esters is 1. The highest BCUT2D eigenvalue weighted by molar-refractivity contribution is 6.18. The smallest absolute Gasteiger partial charge is 0.343 e. The van der Waals surface area contributed by atoms with Gasteiger partial charge in [-0.15, -0.1) is 0 Å². The molecule has 0 aromatic rings. The van der Waals surface area contributed by atoms with Gasteiger partial charge >= 0.3 is 5.97 Å². The summed E-state index contributed by atoms with van der Waals surface area (Å²) in [5, 5.41) is 0. The Morgan fingerprint density at radius 1 is 1.36 bits per heavy atom. The van der Waals surface area contributed by atoms with Gasteiger partial charge in [0.05, 0.1) is 7.11 Å². The topological polar surface area (TPSA) is 46.6 Å². The zero-order valence-electron chi connectivity index (χ0n) is 8.21. The van der Waals surface area contributed by atoms with Gasteiger partial charge in [0.2, 0.25) is 0 Å². The lowest BCUT2D eigenvalue weighted by molar-refractivity contribution is -0.138. The molecular formula is C10H13NO3. The molecule has 2 aliphatic heterocycles. The van der Waals surface area contributed by atoms with E-state index in [4.69, 9.17) is 0 Å². The first-order valence-electron chi connectivity index (χ1n) is 4.83. The van der Waals surface area contributed by atoms with Gasteiger partial charge in [0.1, 0.15) is 5.57 Å². The highest BCUT2D eigenvalue weighted by atomic mass is 16.5. The van der Waals surface area contributed by atoms with Crippen molar-refractivity contribution >= 4 is 11.8 Å². The van der Waals surface area contributed by atoms with E-state index >= 15 is 0 Å². The molecule has 0 radical (unpaired) electrons. The number of hydrogen-bond donors (Lipinski definition) is 0. The largest absolute Gasteiger partial charge is 0.465 e. The summed E-state index contributed by atoms with van der Waals surface area (Å²) in [6.07, 6.45) is 2.30. The third kappa shape index (κ3) is 1.31. The van der Waals surface area contributed by atoms with E-state index in [-0.39, 0.29) is 11.4 Å². The van der Waals surface area contributed by atoms with Crippen LogP contribution < -0.4 is 0 Å². The molecule has 4 heteroatoms. The van der Waals surface area contributed by atoms with Crippen LogP contribution in [-0.2, 0) is 14.3 Å².